The second-order valence-electron chi connectivity index (χ2n) is 4.72. The molecule has 3 atom stereocenters. The second kappa shape index (κ2) is 4.20. The van der Waals surface area contributed by atoms with Crippen LogP contribution in [0.2, 0.25) is 0 Å². The van der Waals surface area contributed by atoms with Crippen LogP contribution < -0.4 is 0 Å². The first-order valence-electron chi connectivity index (χ1n) is 5.59. The quantitative estimate of drug-likeness (QED) is 0.545. The third kappa shape index (κ3) is 1.90. The van der Waals surface area contributed by atoms with Gasteiger partial charge in [0.05, 0.1) is 0 Å². The largest absolute Gasteiger partial charge is 0.369 e. The molecule has 0 aromatic heterocycles. The molecular formula is C11H18INO2. The van der Waals surface area contributed by atoms with Gasteiger partial charge in [-0.15, -0.1) is 0 Å². The van der Waals surface area contributed by atoms with Gasteiger partial charge in [-0.2, -0.15) is 0 Å². The summed E-state index contributed by atoms with van der Waals surface area (Å²) in [5, 5.41) is 0. The molecule has 2 saturated heterocycles. The summed E-state index contributed by atoms with van der Waals surface area (Å²) >= 11 is 2.48. The zero-order valence-corrected chi connectivity index (χ0v) is 11.5. The Balaban J connectivity index is 2.22. The highest BCUT2D eigenvalue weighted by atomic mass is 127. The summed E-state index contributed by atoms with van der Waals surface area (Å²) in [5.41, 5.74) is -0.584. The number of hydrogen-bond acceptors (Lipinski definition) is 2. The van der Waals surface area contributed by atoms with Gasteiger partial charge in [-0.25, -0.2) is 0 Å². The van der Waals surface area contributed by atoms with E-state index in [1.807, 2.05) is 11.8 Å². The molecule has 2 fully saturated rings. The highest BCUT2D eigenvalue weighted by Crippen LogP contribution is 2.37. The van der Waals surface area contributed by atoms with Crippen LogP contribution in [0, 0.1) is 0 Å². The Morgan fingerprint density at radius 2 is 2.27 bits per heavy atom. The Morgan fingerprint density at radius 1 is 1.53 bits per heavy atom. The third-order valence-corrected chi connectivity index (χ3v) is 4.99. The minimum absolute atomic E-state index is 0.197. The van der Waals surface area contributed by atoms with Gasteiger partial charge in [0.1, 0.15) is 5.60 Å². The zero-order valence-electron chi connectivity index (χ0n) is 9.33. The molecule has 4 heteroatoms. The molecular weight excluding hydrogens is 305 g/mol. The molecule has 0 bridgehead atoms. The number of nitrogens with zero attached hydrogens (tertiary/aromatic N) is 1. The molecule has 0 aliphatic carbocycles. The predicted octanol–water partition coefficient (Wildman–Crippen LogP) is 1.98. The highest BCUT2D eigenvalue weighted by molar-refractivity contribution is 14.1. The number of ether oxygens (including phenoxy) is 1. The molecule has 2 aliphatic heterocycles. The summed E-state index contributed by atoms with van der Waals surface area (Å²) in [4.78, 5) is 14.3. The lowest BCUT2D eigenvalue weighted by atomic mass is 9.85. The Hall–Kier alpha value is 0.160. The normalized spacial score (nSPS) is 41.5. The maximum Gasteiger partial charge on any atom is 0.254 e. The number of rotatable bonds is 1. The Bertz CT molecular complexity index is 271. The molecule has 2 aliphatic rings. The van der Waals surface area contributed by atoms with Crippen LogP contribution in [0.4, 0.5) is 0 Å². The van der Waals surface area contributed by atoms with Crippen LogP contribution in [0.3, 0.4) is 0 Å². The minimum Gasteiger partial charge on any atom is -0.369 e. The predicted molar refractivity (Wildman–Crippen MR) is 67.2 cm³/mol. The SMILES string of the molecule is CO[C@@]1(C)C[C@H](I)[C@H]2CCCCN2C1=O. The van der Waals surface area contributed by atoms with Crippen LogP contribution >= 0.6 is 22.6 Å². The van der Waals surface area contributed by atoms with Gasteiger partial charge in [0, 0.05) is 23.6 Å². The molecule has 15 heavy (non-hydrogen) atoms. The van der Waals surface area contributed by atoms with Crippen LogP contribution in [0.1, 0.15) is 32.6 Å². The second-order valence-corrected chi connectivity index (χ2v) is 6.32. The zero-order chi connectivity index (χ0) is 11.1. The number of fused-ring (bicyclic) bond motifs is 1. The molecule has 2 rings (SSSR count). The van der Waals surface area contributed by atoms with Crippen LogP contribution in [0.25, 0.3) is 0 Å². The lowest BCUT2D eigenvalue weighted by Gasteiger charge is -2.48. The maximum absolute atomic E-state index is 12.3. The molecule has 1 amide bonds. The Kier molecular flexibility index (Phi) is 3.26. The Labute approximate surface area is 105 Å². The number of hydrogen-bond donors (Lipinski definition) is 0. The van der Waals surface area contributed by atoms with Crippen molar-refractivity contribution in [3.05, 3.63) is 0 Å². The summed E-state index contributed by atoms with van der Waals surface area (Å²) in [6.07, 6.45) is 4.42. The van der Waals surface area contributed by atoms with Crippen LogP contribution in [-0.2, 0) is 9.53 Å². The molecule has 0 N–H and O–H groups in total. The maximum atomic E-state index is 12.3. The van der Waals surface area contributed by atoms with E-state index in [0.717, 1.165) is 19.4 Å². The average molecular weight is 323 g/mol. The van der Waals surface area contributed by atoms with E-state index >= 15 is 0 Å². The number of amides is 1. The van der Waals surface area contributed by atoms with Crippen molar-refractivity contribution in [1.82, 2.24) is 4.90 Å². The summed E-state index contributed by atoms with van der Waals surface area (Å²) < 4.78 is 5.95. The number of alkyl halides is 1. The van der Waals surface area contributed by atoms with E-state index < -0.39 is 5.60 Å². The fourth-order valence-electron chi connectivity index (χ4n) is 2.66. The van der Waals surface area contributed by atoms with E-state index in [4.69, 9.17) is 4.74 Å². The standard InChI is InChI=1S/C11H18INO2/c1-11(15-2)7-8(12)9-5-3-4-6-13(9)10(11)14/h8-9H,3-7H2,1-2H3/t8-,9+,11-/m0/s1. The minimum atomic E-state index is -0.584. The van der Waals surface area contributed by atoms with Crippen LogP contribution in [0.15, 0.2) is 0 Å². The number of piperidine rings is 2. The van der Waals surface area contributed by atoms with Gasteiger partial charge in [-0.3, -0.25) is 4.79 Å². The lowest BCUT2D eigenvalue weighted by molar-refractivity contribution is -0.163. The molecule has 0 radical (unpaired) electrons. The van der Waals surface area contributed by atoms with Crippen molar-refractivity contribution in [2.24, 2.45) is 0 Å². The first-order chi connectivity index (χ1) is 7.08. The highest BCUT2D eigenvalue weighted by Gasteiger charge is 2.48. The summed E-state index contributed by atoms with van der Waals surface area (Å²) in [5.74, 6) is 0.197. The molecule has 2 heterocycles. The summed E-state index contributed by atoms with van der Waals surface area (Å²) in [7, 11) is 1.64. The third-order valence-electron chi connectivity index (χ3n) is 3.72. The van der Waals surface area contributed by atoms with E-state index in [1.165, 1.54) is 12.8 Å². The number of halogens is 1. The van der Waals surface area contributed by atoms with E-state index in [2.05, 4.69) is 22.6 Å². The van der Waals surface area contributed by atoms with E-state index in [0.29, 0.717) is 9.97 Å². The fraction of sp³-hybridized carbons (Fsp3) is 0.909. The first kappa shape index (κ1) is 11.6. The molecule has 0 spiro atoms. The summed E-state index contributed by atoms with van der Waals surface area (Å²) in [6.45, 7) is 2.84. The van der Waals surface area contributed by atoms with E-state index in [9.17, 15) is 4.79 Å². The molecule has 0 saturated carbocycles. The van der Waals surface area contributed by atoms with Gasteiger partial charge in [0.15, 0.2) is 0 Å². The fourth-order valence-corrected chi connectivity index (χ4v) is 4.24. The molecule has 0 aromatic rings. The van der Waals surface area contributed by atoms with Crippen molar-refractivity contribution in [3.63, 3.8) is 0 Å². The van der Waals surface area contributed by atoms with Gasteiger partial charge in [0.2, 0.25) is 0 Å². The van der Waals surface area contributed by atoms with Gasteiger partial charge < -0.3 is 9.64 Å². The first-order valence-corrected chi connectivity index (χ1v) is 6.83. The van der Waals surface area contributed by atoms with Gasteiger partial charge in [-0.05, 0) is 32.6 Å². The molecule has 3 nitrogen and oxygen atoms in total. The number of carbonyl (C=O) groups excluding carboxylic acids is 1. The van der Waals surface area contributed by atoms with Gasteiger partial charge in [0.25, 0.3) is 5.91 Å². The monoisotopic (exact) mass is 323 g/mol. The average Bonchev–Trinajstić information content (AvgIpc) is 2.26. The van der Waals surface area contributed by atoms with Crippen LogP contribution in [0.5, 0.6) is 0 Å². The van der Waals surface area contributed by atoms with Gasteiger partial charge in [-0.1, -0.05) is 22.6 Å². The molecule has 86 valence electrons. The van der Waals surface area contributed by atoms with Crippen molar-refractivity contribution in [3.8, 4) is 0 Å². The lowest BCUT2D eigenvalue weighted by Crippen LogP contribution is -2.62. The topological polar surface area (TPSA) is 29.5 Å². The molecule has 0 aromatic carbocycles. The summed E-state index contributed by atoms with van der Waals surface area (Å²) in [6, 6.07) is 0.454. The van der Waals surface area contributed by atoms with Crippen molar-refractivity contribution in [2.75, 3.05) is 13.7 Å². The van der Waals surface area contributed by atoms with Crippen molar-refractivity contribution < 1.29 is 9.53 Å². The smallest absolute Gasteiger partial charge is 0.254 e. The van der Waals surface area contributed by atoms with Crippen molar-refractivity contribution >= 4 is 28.5 Å². The van der Waals surface area contributed by atoms with Crippen LogP contribution in [-0.4, -0.2) is 40.0 Å². The molecule has 0 unspecified atom stereocenters. The number of carbonyl (C=O) groups is 1. The number of methoxy groups -OCH3 is 1. The van der Waals surface area contributed by atoms with Crippen molar-refractivity contribution in [2.45, 2.75) is 48.2 Å². The van der Waals surface area contributed by atoms with Gasteiger partial charge >= 0.3 is 0 Å². The van der Waals surface area contributed by atoms with E-state index in [1.54, 1.807) is 7.11 Å². The van der Waals surface area contributed by atoms with E-state index in [-0.39, 0.29) is 5.91 Å². The Morgan fingerprint density at radius 3 is 2.93 bits per heavy atom. The van der Waals surface area contributed by atoms with Crippen molar-refractivity contribution in [1.29, 1.82) is 0 Å².